The molecule has 0 saturated heterocycles. The van der Waals surface area contributed by atoms with Gasteiger partial charge in [0.25, 0.3) is 0 Å². The number of rotatable bonds is 7. The molecule has 174 valence electrons. The Hall–Kier alpha value is -2.90. The predicted molar refractivity (Wildman–Crippen MR) is 133 cm³/mol. The van der Waals surface area contributed by atoms with E-state index in [2.05, 4.69) is 0 Å². The van der Waals surface area contributed by atoms with Crippen LogP contribution in [0.25, 0.3) is 11.1 Å². The summed E-state index contributed by atoms with van der Waals surface area (Å²) in [5, 5.41) is 10.9. The zero-order valence-electron chi connectivity index (χ0n) is 17.8. The molecule has 0 heterocycles. The first-order chi connectivity index (χ1) is 16.2. The third-order valence-electron chi connectivity index (χ3n) is 5.30. The van der Waals surface area contributed by atoms with Crippen molar-refractivity contribution in [3.05, 3.63) is 118 Å². The van der Waals surface area contributed by atoms with Crippen molar-refractivity contribution in [3.8, 4) is 16.9 Å². The molecule has 0 amide bonds. The molecule has 4 rings (SSSR count). The van der Waals surface area contributed by atoms with E-state index in [9.17, 15) is 17.9 Å². The number of nitrogens with zero attached hydrogens (tertiary/aromatic N) is 1. The highest BCUT2D eigenvalue weighted by Gasteiger charge is 2.28. The quantitative estimate of drug-likeness (QED) is 0.291. The van der Waals surface area contributed by atoms with E-state index in [0.717, 1.165) is 16.7 Å². The second kappa shape index (κ2) is 10.2. The van der Waals surface area contributed by atoms with Crippen LogP contribution in [0.2, 0.25) is 10.0 Å². The van der Waals surface area contributed by atoms with Crippen molar-refractivity contribution in [2.75, 3.05) is 0 Å². The minimum absolute atomic E-state index is 0.0209. The SMILES string of the molecule is O=S(=O)(c1cccc(Cl)c1O)N(Cc1ccc(F)cc1)Cc1cccc(-c2ccc(Cl)cc2)c1. The van der Waals surface area contributed by atoms with Crippen LogP contribution in [0.5, 0.6) is 5.75 Å². The first-order valence-corrected chi connectivity index (χ1v) is 12.5. The Morgan fingerprint density at radius 1 is 0.765 bits per heavy atom. The Bertz CT molecular complexity index is 1410. The van der Waals surface area contributed by atoms with Crippen LogP contribution in [0.1, 0.15) is 11.1 Å². The van der Waals surface area contributed by atoms with E-state index in [1.165, 1.54) is 46.8 Å². The molecule has 4 aromatic carbocycles. The molecule has 4 aromatic rings. The molecule has 0 aliphatic rings. The molecule has 4 nitrogen and oxygen atoms in total. The van der Waals surface area contributed by atoms with E-state index in [-0.39, 0.29) is 23.0 Å². The number of halogens is 3. The van der Waals surface area contributed by atoms with Crippen LogP contribution < -0.4 is 0 Å². The van der Waals surface area contributed by atoms with Crippen LogP contribution in [-0.2, 0) is 23.1 Å². The summed E-state index contributed by atoms with van der Waals surface area (Å²) in [6.45, 7) is -0.00711. The van der Waals surface area contributed by atoms with Crippen molar-refractivity contribution >= 4 is 33.2 Å². The number of sulfonamides is 1. The van der Waals surface area contributed by atoms with Crippen molar-refractivity contribution in [2.45, 2.75) is 18.0 Å². The van der Waals surface area contributed by atoms with Crippen LogP contribution in [0.15, 0.2) is 95.9 Å². The van der Waals surface area contributed by atoms with E-state index >= 15 is 0 Å². The van der Waals surface area contributed by atoms with Crippen molar-refractivity contribution in [3.63, 3.8) is 0 Å². The monoisotopic (exact) mass is 515 g/mol. The number of phenolic OH excluding ortho intramolecular Hbond substituents is 1. The zero-order valence-corrected chi connectivity index (χ0v) is 20.2. The lowest BCUT2D eigenvalue weighted by atomic mass is 10.0. The lowest BCUT2D eigenvalue weighted by Gasteiger charge is -2.23. The molecule has 0 unspecified atom stereocenters. The van der Waals surface area contributed by atoms with Gasteiger partial charge in [-0.2, -0.15) is 4.31 Å². The van der Waals surface area contributed by atoms with Crippen LogP contribution in [0, 0.1) is 5.82 Å². The van der Waals surface area contributed by atoms with E-state index in [1.54, 1.807) is 12.1 Å². The molecule has 0 fully saturated rings. The first kappa shape index (κ1) is 24.2. The van der Waals surface area contributed by atoms with E-state index in [4.69, 9.17) is 23.2 Å². The summed E-state index contributed by atoms with van der Waals surface area (Å²) in [5.41, 5.74) is 3.17. The summed E-state index contributed by atoms with van der Waals surface area (Å²) in [6, 6.07) is 24.6. The Labute approximate surface area is 207 Å². The smallest absolute Gasteiger partial charge is 0.247 e. The van der Waals surface area contributed by atoms with E-state index in [0.29, 0.717) is 10.6 Å². The number of para-hydroxylation sites is 1. The maximum atomic E-state index is 13.6. The number of hydrogen-bond donors (Lipinski definition) is 1. The van der Waals surface area contributed by atoms with Gasteiger partial charge in [-0.15, -0.1) is 0 Å². The third kappa shape index (κ3) is 5.42. The van der Waals surface area contributed by atoms with Gasteiger partial charge in [0, 0.05) is 18.1 Å². The molecule has 0 spiro atoms. The molecule has 0 aliphatic heterocycles. The fourth-order valence-corrected chi connectivity index (χ4v) is 5.43. The standard InChI is InChI=1S/C26H20Cl2FNO3S/c27-22-11-9-20(10-12-22)21-4-1-3-19(15-21)17-30(16-18-7-13-23(29)14-8-18)34(32,33)25-6-2-5-24(28)26(25)31/h1-15,31H,16-17H2. The largest absolute Gasteiger partial charge is 0.505 e. The van der Waals surface area contributed by atoms with Crippen molar-refractivity contribution in [2.24, 2.45) is 0 Å². The highest BCUT2D eigenvalue weighted by Crippen LogP contribution is 2.34. The highest BCUT2D eigenvalue weighted by atomic mass is 35.5. The topological polar surface area (TPSA) is 57.6 Å². The van der Waals surface area contributed by atoms with Crippen LogP contribution >= 0.6 is 23.2 Å². The molecule has 0 bridgehead atoms. The Morgan fingerprint density at radius 3 is 2.12 bits per heavy atom. The zero-order chi connectivity index (χ0) is 24.3. The van der Waals surface area contributed by atoms with Crippen molar-refractivity contribution in [1.29, 1.82) is 0 Å². The molecule has 0 aliphatic carbocycles. The minimum Gasteiger partial charge on any atom is -0.505 e. The summed E-state index contributed by atoms with van der Waals surface area (Å²) in [6.07, 6.45) is 0. The fraction of sp³-hybridized carbons (Fsp3) is 0.0769. The highest BCUT2D eigenvalue weighted by molar-refractivity contribution is 7.89. The molecular formula is C26H20Cl2FNO3S. The maximum Gasteiger partial charge on any atom is 0.247 e. The molecule has 34 heavy (non-hydrogen) atoms. The Kier molecular flexibility index (Phi) is 7.24. The minimum atomic E-state index is -4.16. The Morgan fingerprint density at radius 2 is 1.41 bits per heavy atom. The van der Waals surface area contributed by atoms with Gasteiger partial charge in [-0.1, -0.05) is 71.7 Å². The molecule has 0 radical (unpaired) electrons. The number of hydrogen-bond acceptors (Lipinski definition) is 3. The van der Waals surface area contributed by atoms with Gasteiger partial charge in [0.05, 0.1) is 5.02 Å². The second-order valence-electron chi connectivity index (χ2n) is 7.69. The lowest BCUT2D eigenvalue weighted by molar-refractivity contribution is 0.394. The van der Waals surface area contributed by atoms with Crippen LogP contribution in [0.4, 0.5) is 4.39 Å². The fourth-order valence-electron chi connectivity index (χ4n) is 3.56. The number of benzene rings is 4. The predicted octanol–water partition coefficient (Wildman–Crippen LogP) is 6.90. The molecular weight excluding hydrogens is 496 g/mol. The van der Waals surface area contributed by atoms with Gasteiger partial charge in [-0.25, -0.2) is 12.8 Å². The van der Waals surface area contributed by atoms with Crippen molar-refractivity contribution in [1.82, 2.24) is 4.31 Å². The Balaban J connectivity index is 1.73. The molecule has 1 N–H and O–H groups in total. The molecule has 0 aromatic heterocycles. The van der Waals surface area contributed by atoms with Crippen LogP contribution in [-0.4, -0.2) is 17.8 Å². The van der Waals surface area contributed by atoms with E-state index < -0.39 is 21.6 Å². The van der Waals surface area contributed by atoms with Crippen LogP contribution in [0.3, 0.4) is 0 Å². The lowest BCUT2D eigenvalue weighted by Crippen LogP contribution is -2.30. The molecule has 0 saturated carbocycles. The molecule has 8 heteroatoms. The summed E-state index contributed by atoms with van der Waals surface area (Å²) >= 11 is 12.0. The van der Waals surface area contributed by atoms with Gasteiger partial charge < -0.3 is 5.11 Å². The average Bonchev–Trinajstić information content (AvgIpc) is 2.82. The first-order valence-electron chi connectivity index (χ1n) is 10.3. The summed E-state index contributed by atoms with van der Waals surface area (Å²) in [5.74, 6) is -0.926. The molecule has 0 atom stereocenters. The van der Waals surface area contributed by atoms with Crippen molar-refractivity contribution < 1.29 is 17.9 Å². The summed E-state index contributed by atoms with van der Waals surface area (Å²) in [7, 11) is -4.16. The van der Waals surface area contributed by atoms with Gasteiger partial charge in [-0.3, -0.25) is 0 Å². The average molecular weight is 516 g/mol. The van der Waals surface area contributed by atoms with Gasteiger partial charge in [0.2, 0.25) is 10.0 Å². The normalized spacial score (nSPS) is 11.6. The van der Waals surface area contributed by atoms with Gasteiger partial charge >= 0.3 is 0 Å². The van der Waals surface area contributed by atoms with E-state index in [1.807, 2.05) is 36.4 Å². The second-order valence-corrected chi connectivity index (χ2v) is 10.4. The van der Waals surface area contributed by atoms with Gasteiger partial charge in [0.15, 0.2) is 5.75 Å². The van der Waals surface area contributed by atoms with Gasteiger partial charge in [0.1, 0.15) is 10.7 Å². The van der Waals surface area contributed by atoms with Gasteiger partial charge in [-0.05, 0) is 64.7 Å². The third-order valence-corrected chi connectivity index (χ3v) is 7.68. The number of aromatic hydroxyl groups is 1. The summed E-state index contributed by atoms with van der Waals surface area (Å²) < 4.78 is 41.8. The maximum absolute atomic E-state index is 13.6. The number of phenols is 1. The summed E-state index contributed by atoms with van der Waals surface area (Å²) in [4.78, 5) is -0.295.